The monoisotopic (exact) mass is 216 g/mol. The number of nitrogens with zero attached hydrogens (tertiary/aromatic N) is 1. The van der Waals surface area contributed by atoms with E-state index >= 15 is 0 Å². The molecule has 1 aromatic rings. The predicted molar refractivity (Wildman–Crippen MR) is 63.4 cm³/mol. The molecular formula is C13H16N2O. The van der Waals surface area contributed by atoms with Crippen LogP contribution in [0.3, 0.4) is 0 Å². The van der Waals surface area contributed by atoms with Crippen molar-refractivity contribution >= 4 is 5.69 Å². The van der Waals surface area contributed by atoms with Crippen molar-refractivity contribution in [2.24, 2.45) is 5.92 Å². The minimum absolute atomic E-state index is 0.0687. The van der Waals surface area contributed by atoms with Gasteiger partial charge in [-0.05, 0) is 30.9 Å². The van der Waals surface area contributed by atoms with Crippen LogP contribution < -0.4 is 10.1 Å². The van der Waals surface area contributed by atoms with Gasteiger partial charge in [-0.15, -0.1) is 0 Å². The summed E-state index contributed by atoms with van der Waals surface area (Å²) in [6, 6.07) is 9.98. The van der Waals surface area contributed by atoms with Gasteiger partial charge in [-0.25, -0.2) is 0 Å². The summed E-state index contributed by atoms with van der Waals surface area (Å²) in [7, 11) is 1.65. The van der Waals surface area contributed by atoms with Gasteiger partial charge in [-0.1, -0.05) is 12.5 Å². The lowest BCUT2D eigenvalue weighted by Crippen LogP contribution is -2.32. The highest BCUT2D eigenvalue weighted by molar-refractivity contribution is 5.50. The Kier molecular flexibility index (Phi) is 3.31. The molecule has 16 heavy (non-hydrogen) atoms. The summed E-state index contributed by atoms with van der Waals surface area (Å²) in [5.74, 6) is 1.33. The molecule has 1 aromatic carbocycles. The molecule has 0 saturated heterocycles. The zero-order chi connectivity index (χ0) is 11.4. The number of hydrogen-bond donors (Lipinski definition) is 1. The first-order valence-corrected chi connectivity index (χ1v) is 5.63. The van der Waals surface area contributed by atoms with Gasteiger partial charge >= 0.3 is 0 Å². The van der Waals surface area contributed by atoms with Crippen molar-refractivity contribution in [2.45, 2.75) is 25.3 Å². The molecule has 3 heteroatoms. The van der Waals surface area contributed by atoms with E-state index in [0.717, 1.165) is 24.3 Å². The summed E-state index contributed by atoms with van der Waals surface area (Å²) < 4.78 is 5.15. The summed E-state index contributed by atoms with van der Waals surface area (Å²) in [4.78, 5) is 0. The van der Waals surface area contributed by atoms with Crippen LogP contribution in [-0.2, 0) is 0 Å². The molecule has 1 aliphatic rings. The van der Waals surface area contributed by atoms with Crippen LogP contribution in [0.4, 0.5) is 5.69 Å². The SMILES string of the molecule is COc1cccc(NC(C#N)C2CCC2)c1. The molecule has 0 heterocycles. The van der Waals surface area contributed by atoms with Gasteiger partial charge in [0, 0.05) is 11.8 Å². The molecule has 0 amide bonds. The van der Waals surface area contributed by atoms with E-state index in [1.807, 2.05) is 24.3 Å². The molecule has 0 radical (unpaired) electrons. The molecule has 1 N–H and O–H groups in total. The van der Waals surface area contributed by atoms with Crippen molar-refractivity contribution in [3.8, 4) is 11.8 Å². The number of rotatable bonds is 4. The smallest absolute Gasteiger partial charge is 0.120 e. The molecule has 1 unspecified atom stereocenters. The van der Waals surface area contributed by atoms with Crippen molar-refractivity contribution < 1.29 is 4.74 Å². The Bertz CT molecular complexity index is 393. The summed E-state index contributed by atoms with van der Waals surface area (Å²) in [5, 5.41) is 12.4. The van der Waals surface area contributed by atoms with E-state index in [1.54, 1.807) is 7.11 Å². The van der Waals surface area contributed by atoms with Crippen LogP contribution in [0.25, 0.3) is 0 Å². The molecule has 3 nitrogen and oxygen atoms in total. The summed E-state index contributed by atoms with van der Waals surface area (Å²) in [5.41, 5.74) is 0.956. The van der Waals surface area contributed by atoms with E-state index in [4.69, 9.17) is 10.00 Å². The fraction of sp³-hybridized carbons (Fsp3) is 0.462. The van der Waals surface area contributed by atoms with Crippen LogP contribution in [0.1, 0.15) is 19.3 Å². The maximum absolute atomic E-state index is 9.11. The fourth-order valence-electron chi connectivity index (χ4n) is 1.92. The lowest BCUT2D eigenvalue weighted by molar-refractivity contribution is 0.303. The number of benzene rings is 1. The standard InChI is InChI=1S/C13H16N2O/c1-16-12-7-3-6-11(8-12)15-13(9-14)10-4-2-5-10/h3,6-8,10,13,15H,2,4-5H2,1H3. The Morgan fingerprint density at radius 1 is 1.50 bits per heavy atom. The Hall–Kier alpha value is -1.69. The number of nitrogens with one attached hydrogen (secondary N) is 1. The third kappa shape index (κ3) is 2.27. The van der Waals surface area contributed by atoms with Crippen molar-refractivity contribution in [1.82, 2.24) is 0 Å². The third-order valence-corrected chi connectivity index (χ3v) is 3.15. The second-order valence-electron chi connectivity index (χ2n) is 4.17. The maximum Gasteiger partial charge on any atom is 0.120 e. The lowest BCUT2D eigenvalue weighted by Gasteiger charge is -2.30. The normalized spacial score (nSPS) is 17.0. The number of anilines is 1. The molecule has 84 valence electrons. The Balaban J connectivity index is 2.03. The average Bonchev–Trinajstić information content (AvgIpc) is 2.26. The van der Waals surface area contributed by atoms with Crippen molar-refractivity contribution in [1.29, 1.82) is 5.26 Å². The maximum atomic E-state index is 9.11. The second kappa shape index (κ2) is 4.89. The molecule has 2 rings (SSSR count). The molecule has 1 saturated carbocycles. The number of ether oxygens (including phenoxy) is 1. The highest BCUT2D eigenvalue weighted by Gasteiger charge is 2.26. The van der Waals surface area contributed by atoms with E-state index in [1.165, 1.54) is 6.42 Å². The highest BCUT2D eigenvalue weighted by Crippen LogP contribution is 2.31. The van der Waals surface area contributed by atoms with E-state index in [9.17, 15) is 0 Å². The van der Waals surface area contributed by atoms with Crippen LogP contribution in [0.15, 0.2) is 24.3 Å². The molecular weight excluding hydrogens is 200 g/mol. The summed E-state index contributed by atoms with van der Waals surface area (Å²) >= 11 is 0. The van der Waals surface area contributed by atoms with E-state index in [2.05, 4.69) is 11.4 Å². The van der Waals surface area contributed by atoms with Gasteiger partial charge in [0.05, 0.1) is 13.2 Å². The highest BCUT2D eigenvalue weighted by atomic mass is 16.5. The molecule has 0 aromatic heterocycles. The molecule has 1 aliphatic carbocycles. The zero-order valence-electron chi connectivity index (χ0n) is 9.44. The van der Waals surface area contributed by atoms with Crippen LogP contribution in [0.2, 0.25) is 0 Å². The summed E-state index contributed by atoms with van der Waals surface area (Å²) in [6.45, 7) is 0. The average molecular weight is 216 g/mol. The van der Waals surface area contributed by atoms with Crippen LogP contribution in [0.5, 0.6) is 5.75 Å². The number of methoxy groups -OCH3 is 1. The van der Waals surface area contributed by atoms with Crippen molar-refractivity contribution in [3.63, 3.8) is 0 Å². The number of hydrogen-bond acceptors (Lipinski definition) is 3. The molecule has 1 fully saturated rings. The Morgan fingerprint density at radius 3 is 2.88 bits per heavy atom. The van der Waals surface area contributed by atoms with Gasteiger partial charge in [0.1, 0.15) is 11.8 Å². The van der Waals surface area contributed by atoms with Crippen molar-refractivity contribution in [3.05, 3.63) is 24.3 Å². The van der Waals surface area contributed by atoms with Gasteiger partial charge in [0.15, 0.2) is 0 Å². The Morgan fingerprint density at radius 2 is 2.31 bits per heavy atom. The van der Waals surface area contributed by atoms with Gasteiger partial charge in [0.25, 0.3) is 0 Å². The van der Waals surface area contributed by atoms with Crippen LogP contribution >= 0.6 is 0 Å². The van der Waals surface area contributed by atoms with E-state index in [0.29, 0.717) is 5.92 Å². The first-order chi connectivity index (χ1) is 7.83. The minimum Gasteiger partial charge on any atom is -0.497 e. The second-order valence-corrected chi connectivity index (χ2v) is 4.17. The number of nitriles is 1. The fourth-order valence-corrected chi connectivity index (χ4v) is 1.92. The Labute approximate surface area is 96.0 Å². The largest absolute Gasteiger partial charge is 0.497 e. The van der Waals surface area contributed by atoms with Gasteiger partial charge in [-0.3, -0.25) is 0 Å². The summed E-state index contributed by atoms with van der Waals surface area (Å²) in [6.07, 6.45) is 3.58. The quantitative estimate of drug-likeness (QED) is 0.841. The molecule has 1 atom stereocenters. The third-order valence-electron chi connectivity index (χ3n) is 3.15. The van der Waals surface area contributed by atoms with E-state index < -0.39 is 0 Å². The van der Waals surface area contributed by atoms with Crippen LogP contribution in [0, 0.1) is 17.2 Å². The van der Waals surface area contributed by atoms with Crippen LogP contribution in [-0.4, -0.2) is 13.2 Å². The first kappa shape index (κ1) is 10.8. The van der Waals surface area contributed by atoms with Gasteiger partial charge in [0.2, 0.25) is 0 Å². The topological polar surface area (TPSA) is 45.0 Å². The molecule has 0 bridgehead atoms. The predicted octanol–water partition coefficient (Wildman–Crippen LogP) is 2.80. The molecule has 0 spiro atoms. The van der Waals surface area contributed by atoms with E-state index in [-0.39, 0.29) is 6.04 Å². The first-order valence-electron chi connectivity index (χ1n) is 5.63. The lowest BCUT2D eigenvalue weighted by atomic mass is 9.80. The van der Waals surface area contributed by atoms with Gasteiger partial charge < -0.3 is 10.1 Å². The zero-order valence-corrected chi connectivity index (χ0v) is 9.44. The van der Waals surface area contributed by atoms with Gasteiger partial charge in [-0.2, -0.15) is 5.26 Å². The van der Waals surface area contributed by atoms with Crippen molar-refractivity contribution in [2.75, 3.05) is 12.4 Å². The minimum atomic E-state index is -0.0687. The molecule has 0 aliphatic heterocycles.